The van der Waals surface area contributed by atoms with Crippen LogP contribution in [0, 0.1) is 0 Å². The van der Waals surface area contributed by atoms with Crippen LogP contribution in [-0.4, -0.2) is 21.3 Å². The molecule has 0 unspecified atom stereocenters. The lowest BCUT2D eigenvalue weighted by Gasteiger charge is -2.14. The Bertz CT molecular complexity index is 626. The molecule has 0 fully saturated rings. The van der Waals surface area contributed by atoms with Crippen molar-refractivity contribution in [2.24, 2.45) is 5.73 Å². The van der Waals surface area contributed by atoms with Crippen LogP contribution in [0.4, 0.5) is 0 Å². The van der Waals surface area contributed by atoms with Crippen LogP contribution in [0.5, 0.6) is 5.75 Å². The van der Waals surface area contributed by atoms with Crippen molar-refractivity contribution in [1.29, 1.82) is 0 Å². The lowest BCUT2D eigenvalue weighted by atomic mass is 9.96. The number of carboxylic acids is 1. The number of carboxylic acid groups (broad SMARTS) is 1. The fraction of sp³-hybridized carbons (Fsp3) is 0.0714. The molecule has 98 valence electrons. The molecule has 0 bridgehead atoms. The van der Waals surface area contributed by atoms with Crippen LogP contribution in [0.25, 0.3) is 6.08 Å². The van der Waals surface area contributed by atoms with Crippen molar-refractivity contribution in [2.45, 2.75) is 6.42 Å². The van der Waals surface area contributed by atoms with Gasteiger partial charge in [-0.25, -0.2) is 4.79 Å². The molecule has 0 aromatic heterocycles. The molecule has 1 aliphatic carbocycles. The van der Waals surface area contributed by atoms with Gasteiger partial charge in [-0.3, -0.25) is 0 Å². The van der Waals surface area contributed by atoms with Gasteiger partial charge < -0.3 is 21.1 Å². The zero-order chi connectivity index (χ0) is 14.0. The lowest BCUT2D eigenvalue weighted by Crippen LogP contribution is -2.15. The number of phenols is 1. The third-order valence-corrected chi connectivity index (χ3v) is 2.79. The minimum Gasteiger partial charge on any atom is -0.507 e. The molecular formula is C14H13NO4. The SMILES string of the molecule is NC1=C(O)C(C(=O)O)=C/C(=C/c2ccccc2O)C1. The topological polar surface area (TPSA) is 104 Å². The van der Waals surface area contributed by atoms with E-state index in [1.165, 1.54) is 12.1 Å². The minimum absolute atomic E-state index is 0.0950. The predicted octanol–water partition coefficient (Wildman–Crippen LogP) is 1.92. The van der Waals surface area contributed by atoms with Crippen LogP contribution in [0.2, 0.25) is 0 Å². The fourth-order valence-electron chi connectivity index (χ4n) is 1.85. The maximum atomic E-state index is 11.0. The summed E-state index contributed by atoms with van der Waals surface area (Å²) in [6, 6.07) is 6.68. The van der Waals surface area contributed by atoms with E-state index in [9.17, 15) is 15.0 Å². The van der Waals surface area contributed by atoms with E-state index in [4.69, 9.17) is 10.8 Å². The first kappa shape index (κ1) is 12.8. The molecule has 0 radical (unpaired) electrons. The Balaban J connectivity index is 2.44. The van der Waals surface area contributed by atoms with Gasteiger partial charge in [0, 0.05) is 12.0 Å². The standard InChI is InChI=1S/C14H13NO4/c15-11-7-8(6-10(13(11)17)14(18)19)5-9-3-1-2-4-12(9)16/h1-6,16-17H,7,15H2,(H,18,19)/b8-5-. The summed E-state index contributed by atoms with van der Waals surface area (Å²) in [6.07, 6.45) is 3.22. The maximum Gasteiger partial charge on any atom is 0.339 e. The highest BCUT2D eigenvalue weighted by atomic mass is 16.4. The number of aliphatic hydroxyl groups is 1. The third kappa shape index (κ3) is 2.60. The molecule has 19 heavy (non-hydrogen) atoms. The van der Waals surface area contributed by atoms with Crippen molar-refractivity contribution in [1.82, 2.24) is 0 Å². The molecule has 1 aromatic carbocycles. The number of hydrogen-bond donors (Lipinski definition) is 4. The molecule has 0 atom stereocenters. The zero-order valence-electron chi connectivity index (χ0n) is 10.00. The number of hydrogen-bond acceptors (Lipinski definition) is 4. The van der Waals surface area contributed by atoms with Gasteiger partial charge >= 0.3 is 5.97 Å². The van der Waals surface area contributed by atoms with Crippen LogP contribution in [0.1, 0.15) is 12.0 Å². The first-order chi connectivity index (χ1) is 8.99. The monoisotopic (exact) mass is 259 g/mol. The minimum atomic E-state index is -1.25. The summed E-state index contributed by atoms with van der Waals surface area (Å²) in [4.78, 5) is 11.0. The summed E-state index contributed by atoms with van der Waals surface area (Å²) in [7, 11) is 0. The molecule has 5 nitrogen and oxygen atoms in total. The van der Waals surface area contributed by atoms with Gasteiger partial charge in [-0.15, -0.1) is 0 Å². The largest absolute Gasteiger partial charge is 0.507 e. The second-order valence-corrected chi connectivity index (χ2v) is 4.19. The normalized spacial score (nSPS) is 17.5. The number of benzene rings is 1. The van der Waals surface area contributed by atoms with Crippen molar-refractivity contribution in [2.75, 3.05) is 0 Å². The first-order valence-electron chi connectivity index (χ1n) is 5.60. The van der Waals surface area contributed by atoms with Crippen molar-refractivity contribution >= 4 is 12.0 Å². The van der Waals surface area contributed by atoms with E-state index in [-0.39, 0.29) is 23.4 Å². The van der Waals surface area contributed by atoms with E-state index in [0.29, 0.717) is 11.1 Å². The molecule has 5 heteroatoms. The van der Waals surface area contributed by atoms with Crippen molar-refractivity contribution in [3.63, 3.8) is 0 Å². The number of aromatic hydroxyl groups is 1. The predicted molar refractivity (Wildman–Crippen MR) is 70.3 cm³/mol. The van der Waals surface area contributed by atoms with Gasteiger partial charge in [-0.05, 0) is 23.8 Å². The van der Waals surface area contributed by atoms with Crippen LogP contribution < -0.4 is 5.73 Å². The van der Waals surface area contributed by atoms with Gasteiger partial charge in [0.1, 0.15) is 17.1 Å². The molecular weight excluding hydrogens is 246 g/mol. The van der Waals surface area contributed by atoms with Crippen molar-refractivity contribution in [3.05, 3.63) is 58.5 Å². The fourth-order valence-corrected chi connectivity index (χ4v) is 1.85. The molecule has 5 N–H and O–H groups in total. The summed E-state index contributed by atoms with van der Waals surface area (Å²) in [5, 5.41) is 28.2. The Kier molecular flexibility index (Phi) is 3.29. The Morgan fingerprint density at radius 1 is 1.26 bits per heavy atom. The van der Waals surface area contributed by atoms with Crippen LogP contribution in [0.15, 0.2) is 52.9 Å². The highest BCUT2D eigenvalue weighted by molar-refractivity contribution is 5.93. The van der Waals surface area contributed by atoms with E-state index >= 15 is 0 Å². The molecule has 0 amide bonds. The summed E-state index contributed by atoms with van der Waals surface area (Å²) < 4.78 is 0. The summed E-state index contributed by atoms with van der Waals surface area (Å²) >= 11 is 0. The number of rotatable bonds is 2. The van der Waals surface area contributed by atoms with E-state index in [0.717, 1.165) is 0 Å². The van der Waals surface area contributed by atoms with E-state index in [2.05, 4.69) is 0 Å². The Morgan fingerprint density at radius 2 is 1.95 bits per heavy atom. The van der Waals surface area contributed by atoms with Crippen LogP contribution >= 0.6 is 0 Å². The highest BCUT2D eigenvalue weighted by Crippen LogP contribution is 2.28. The van der Waals surface area contributed by atoms with Crippen molar-refractivity contribution < 1.29 is 20.1 Å². The number of nitrogens with two attached hydrogens (primary N) is 1. The molecule has 0 aliphatic heterocycles. The van der Waals surface area contributed by atoms with Crippen LogP contribution in [-0.2, 0) is 4.79 Å². The summed E-state index contributed by atoms with van der Waals surface area (Å²) in [5.41, 5.74) is 6.63. The summed E-state index contributed by atoms with van der Waals surface area (Å²) in [5.74, 6) is -1.55. The first-order valence-corrected chi connectivity index (χ1v) is 5.60. The zero-order valence-corrected chi connectivity index (χ0v) is 10.00. The lowest BCUT2D eigenvalue weighted by molar-refractivity contribution is -0.132. The maximum absolute atomic E-state index is 11.0. The average molecular weight is 259 g/mol. The third-order valence-electron chi connectivity index (χ3n) is 2.79. The number of phenolic OH excluding ortho intramolecular Hbond substituents is 1. The average Bonchev–Trinajstić information content (AvgIpc) is 2.36. The number of aliphatic hydroxyl groups excluding tert-OH is 1. The second kappa shape index (κ2) is 4.89. The molecule has 2 rings (SSSR count). The Morgan fingerprint density at radius 3 is 2.58 bits per heavy atom. The molecule has 1 aromatic rings. The van der Waals surface area contributed by atoms with Crippen molar-refractivity contribution in [3.8, 4) is 5.75 Å². The number of para-hydroxylation sites is 1. The van der Waals surface area contributed by atoms with Gasteiger partial charge in [0.2, 0.25) is 0 Å². The second-order valence-electron chi connectivity index (χ2n) is 4.19. The highest BCUT2D eigenvalue weighted by Gasteiger charge is 2.21. The van der Waals surface area contributed by atoms with Gasteiger partial charge in [-0.1, -0.05) is 18.2 Å². The molecule has 0 heterocycles. The van der Waals surface area contributed by atoms with Gasteiger partial charge in [0.05, 0.1) is 5.70 Å². The molecule has 0 saturated carbocycles. The Hall–Kier alpha value is -2.69. The summed E-state index contributed by atoms with van der Waals surface area (Å²) in [6.45, 7) is 0. The van der Waals surface area contributed by atoms with E-state index in [1.54, 1.807) is 24.3 Å². The molecule has 0 spiro atoms. The molecule has 1 aliphatic rings. The van der Waals surface area contributed by atoms with Crippen LogP contribution in [0.3, 0.4) is 0 Å². The molecule has 0 saturated heterocycles. The van der Waals surface area contributed by atoms with Gasteiger partial charge in [0.25, 0.3) is 0 Å². The van der Waals surface area contributed by atoms with Gasteiger partial charge in [0.15, 0.2) is 0 Å². The Labute approximate surface area is 109 Å². The van der Waals surface area contributed by atoms with Gasteiger partial charge in [-0.2, -0.15) is 0 Å². The quantitative estimate of drug-likeness (QED) is 0.649. The smallest absolute Gasteiger partial charge is 0.339 e. The van der Waals surface area contributed by atoms with E-state index in [1.807, 2.05) is 0 Å². The number of aliphatic carboxylic acids is 1. The van der Waals surface area contributed by atoms with E-state index < -0.39 is 11.7 Å². The number of allylic oxidation sites excluding steroid dienone is 2. The number of carbonyl (C=O) groups is 1.